The molecule has 232 valence electrons. The highest BCUT2D eigenvalue weighted by atomic mass is 32.1. The fourth-order valence-corrected chi connectivity index (χ4v) is 9.21. The maximum atomic E-state index is 14.1. The maximum Gasteiger partial charge on any atom is 0.329 e. The van der Waals surface area contributed by atoms with E-state index < -0.39 is 19.7 Å². The Hall–Kier alpha value is -3.11. The number of fused-ring (bicyclic) bond motifs is 3. The molecule has 1 aromatic carbocycles. The van der Waals surface area contributed by atoms with E-state index in [4.69, 9.17) is 0 Å². The normalized spacial score (nSPS) is 26.9. The van der Waals surface area contributed by atoms with Crippen molar-refractivity contribution in [2.24, 2.45) is 11.8 Å². The van der Waals surface area contributed by atoms with Crippen LogP contribution in [0.4, 0.5) is 0 Å². The van der Waals surface area contributed by atoms with E-state index in [1.54, 1.807) is 24.3 Å². The van der Waals surface area contributed by atoms with Crippen LogP contribution in [0.2, 0.25) is 0 Å². The van der Waals surface area contributed by atoms with Crippen LogP contribution in [0.25, 0.3) is 10.1 Å². The van der Waals surface area contributed by atoms with Crippen molar-refractivity contribution in [1.29, 1.82) is 0 Å². The predicted molar refractivity (Wildman–Crippen MR) is 166 cm³/mol. The molecule has 44 heavy (non-hydrogen) atoms. The molecule has 1 saturated carbocycles. The number of aromatic nitrogens is 1. The Morgan fingerprint density at radius 1 is 1.09 bits per heavy atom. The molecule has 3 aliphatic heterocycles. The molecule has 3 saturated heterocycles. The van der Waals surface area contributed by atoms with Crippen LogP contribution < -0.4 is 5.32 Å². The zero-order chi connectivity index (χ0) is 30.7. The van der Waals surface area contributed by atoms with Crippen LogP contribution in [0.3, 0.4) is 0 Å². The fourth-order valence-electron chi connectivity index (χ4n) is 7.59. The summed E-state index contributed by atoms with van der Waals surface area (Å²) in [6, 6.07) is 7.70. The van der Waals surface area contributed by atoms with E-state index in [0.717, 1.165) is 35.8 Å². The molecule has 0 radical (unpaired) electrons. The first kappa shape index (κ1) is 29.6. The van der Waals surface area contributed by atoms with Crippen LogP contribution >= 0.6 is 18.9 Å². The number of pyridine rings is 1. The van der Waals surface area contributed by atoms with Crippen LogP contribution in [0, 0.1) is 11.8 Å². The van der Waals surface area contributed by atoms with Crippen LogP contribution in [0.5, 0.6) is 0 Å². The largest absolute Gasteiger partial charge is 0.340 e. The Balaban J connectivity index is 1.06. The highest BCUT2D eigenvalue weighted by Crippen LogP contribution is 2.50. The Labute approximate surface area is 260 Å². The summed E-state index contributed by atoms with van der Waals surface area (Å²) in [5.74, 6) is 0.691. The van der Waals surface area contributed by atoms with Gasteiger partial charge in [0.2, 0.25) is 11.8 Å². The molecule has 0 bridgehead atoms. The highest BCUT2D eigenvalue weighted by molar-refractivity contribution is 7.50. The first-order chi connectivity index (χ1) is 21.1. The topological polar surface area (TPSA) is 140 Å². The second kappa shape index (κ2) is 11.4. The molecule has 4 aliphatic rings. The van der Waals surface area contributed by atoms with Crippen molar-refractivity contribution in [2.75, 3.05) is 13.1 Å². The lowest BCUT2D eigenvalue weighted by molar-refractivity contribution is -0.149. The predicted octanol–water partition coefficient (Wildman–Crippen LogP) is 4.05. The van der Waals surface area contributed by atoms with Crippen molar-refractivity contribution in [3.8, 4) is 0 Å². The molecular weight excluding hydrogens is 599 g/mol. The van der Waals surface area contributed by atoms with Gasteiger partial charge in [0.1, 0.15) is 12.1 Å². The van der Waals surface area contributed by atoms with Gasteiger partial charge in [0.25, 0.3) is 5.91 Å². The van der Waals surface area contributed by atoms with Gasteiger partial charge < -0.3 is 24.9 Å². The summed E-state index contributed by atoms with van der Waals surface area (Å²) in [7, 11) is -4.21. The van der Waals surface area contributed by atoms with E-state index in [1.807, 2.05) is 28.3 Å². The highest BCUT2D eigenvalue weighted by Gasteiger charge is 2.52. The van der Waals surface area contributed by atoms with E-state index in [1.165, 1.54) is 22.5 Å². The summed E-state index contributed by atoms with van der Waals surface area (Å²) >= 11 is 1.29. The molecule has 5 heterocycles. The molecule has 2 aromatic heterocycles. The number of nitrogens with zero attached hydrogens (tertiary/aromatic N) is 3. The third kappa shape index (κ3) is 5.71. The van der Waals surface area contributed by atoms with Crippen molar-refractivity contribution in [3.05, 3.63) is 64.3 Å². The fraction of sp³-hybridized carbons (Fsp3) is 0.500. The molecule has 3 N–H and O–H groups in total. The Kier molecular flexibility index (Phi) is 7.64. The van der Waals surface area contributed by atoms with Crippen molar-refractivity contribution in [1.82, 2.24) is 20.1 Å². The van der Waals surface area contributed by atoms with Crippen LogP contribution in [0.15, 0.2) is 42.7 Å². The van der Waals surface area contributed by atoms with Gasteiger partial charge in [-0.2, -0.15) is 0 Å². The second-order valence-electron chi connectivity index (χ2n) is 12.9. The monoisotopic (exact) mass is 636 g/mol. The van der Waals surface area contributed by atoms with Gasteiger partial charge in [-0.1, -0.05) is 13.0 Å². The minimum atomic E-state index is -4.21. The van der Waals surface area contributed by atoms with E-state index in [9.17, 15) is 28.7 Å². The van der Waals surface area contributed by atoms with Gasteiger partial charge in [-0.25, -0.2) is 0 Å². The lowest BCUT2D eigenvalue weighted by Crippen LogP contribution is -2.59. The molecule has 4 fully saturated rings. The number of nitrogens with one attached hydrogen (secondary N) is 1. The number of hydrogen-bond donors (Lipinski definition) is 3. The van der Waals surface area contributed by atoms with Crippen molar-refractivity contribution in [3.63, 3.8) is 0 Å². The van der Waals surface area contributed by atoms with E-state index in [0.29, 0.717) is 48.2 Å². The summed E-state index contributed by atoms with van der Waals surface area (Å²) < 4.78 is 12.3. The third-order valence-corrected chi connectivity index (χ3v) is 11.9. The molecule has 7 rings (SSSR count). The zero-order valence-corrected chi connectivity index (χ0v) is 26.3. The van der Waals surface area contributed by atoms with E-state index >= 15 is 0 Å². The van der Waals surface area contributed by atoms with Gasteiger partial charge >= 0.3 is 7.60 Å². The molecule has 3 aromatic rings. The molecule has 12 heteroatoms. The van der Waals surface area contributed by atoms with Crippen LogP contribution in [-0.2, 0) is 26.7 Å². The smallest absolute Gasteiger partial charge is 0.329 e. The molecule has 3 amide bonds. The lowest BCUT2D eigenvalue weighted by Gasteiger charge is -2.43. The average Bonchev–Trinajstić information content (AvgIpc) is 3.33. The summed E-state index contributed by atoms with van der Waals surface area (Å²) in [6.45, 7) is 3.39. The van der Waals surface area contributed by atoms with Gasteiger partial charge in [0.05, 0.1) is 11.0 Å². The Morgan fingerprint density at radius 2 is 1.89 bits per heavy atom. The number of rotatable bonds is 7. The van der Waals surface area contributed by atoms with Crippen molar-refractivity contribution < 1.29 is 28.7 Å². The lowest BCUT2D eigenvalue weighted by atomic mass is 9.88. The minimum absolute atomic E-state index is 0.00709. The number of thiophene rings is 1. The number of benzene rings is 1. The van der Waals surface area contributed by atoms with Crippen LogP contribution in [-0.4, -0.2) is 73.5 Å². The molecule has 1 aliphatic carbocycles. The van der Waals surface area contributed by atoms with Crippen molar-refractivity contribution in [2.45, 2.75) is 75.7 Å². The quantitative estimate of drug-likeness (QED) is 0.333. The summed E-state index contributed by atoms with van der Waals surface area (Å²) in [5.41, 5.74) is 2.96. The number of aryl methyl sites for hydroxylation is 1. The standard InChI is InChI=1S/C32H37N4O6PS/c1-2-19-7-8-33-14-25(19)23-15-35(16-23)32(39)27-5-4-24-11-20-10-21(20)12-26(31(38)36(24)27)34-30(37)29-13-22-9-18(17-43(40,41)42)3-6-28(22)44-29/h3,6-9,13-14,20-21,23-24,26-27H,2,4-5,10-12,15-17H2,1H3,(H,34,37)(H2,40,41,42)/t20-,21+,24-,26+,27+/m1/s1. The van der Waals surface area contributed by atoms with Gasteiger partial charge in [0, 0.05) is 42.1 Å². The summed E-state index contributed by atoms with van der Waals surface area (Å²) in [4.78, 5) is 68.5. The van der Waals surface area contributed by atoms with Crippen LogP contribution in [0.1, 0.15) is 71.3 Å². The number of carbonyl (C=O) groups excluding carboxylic acids is 3. The molecular formula is C32H37N4O6PS. The Morgan fingerprint density at radius 3 is 2.66 bits per heavy atom. The summed E-state index contributed by atoms with van der Waals surface area (Å²) in [5, 5.41) is 3.75. The molecule has 10 nitrogen and oxygen atoms in total. The first-order valence-electron chi connectivity index (χ1n) is 15.5. The minimum Gasteiger partial charge on any atom is -0.340 e. The van der Waals surface area contributed by atoms with E-state index in [-0.39, 0.29) is 35.8 Å². The number of likely N-dealkylation sites (tertiary alicyclic amines) is 1. The number of amides is 3. The summed E-state index contributed by atoms with van der Waals surface area (Å²) in [6.07, 6.45) is 8.27. The Bertz CT molecular complexity index is 1680. The SMILES string of the molecule is CCc1ccncc1C1CN(C(=O)[C@@H]2CC[C@@H]3C[C@H]4C[C@H]4C[C@H](NC(=O)c4cc5cc(CP(=O)(O)O)ccc5s4)C(=O)N32)C1. The van der Waals surface area contributed by atoms with Gasteiger partial charge in [-0.3, -0.25) is 23.9 Å². The second-order valence-corrected chi connectivity index (χ2v) is 15.6. The molecule has 0 unspecified atom stereocenters. The first-order valence-corrected chi connectivity index (χ1v) is 18.1. The maximum absolute atomic E-state index is 14.1. The van der Waals surface area contributed by atoms with Crippen molar-refractivity contribution >= 4 is 46.7 Å². The molecule has 5 atom stereocenters. The zero-order valence-electron chi connectivity index (χ0n) is 24.6. The van der Waals surface area contributed by atoms with Gasteiger partial charge in [-0.15, -0.1) is 11.3 Å². The van der Waals surface area contributed by atoms with E-state index in [2.05, 4.69) is 17.2 Å². The average molecular weight is 637 g/mol. The number of hydrogen-bond acceptors (Lipinski definition) is 6. The van der Waals surface area contributed by atoms with Gasteiger partial charge in [0.15, 0.2) is 0 Å². The van der Waals surface area contributed by atoms with Gasteiger partial charge in [-0.05, 0) is 96.7 Å². The third-order valence-electron chi connectivity index (χ3n) is 9.98. The number of carbonyl (C=O) groups is 3. The molecule has 0 spiro atoms.